The van der Waals surface area contributed by atoms with Crippen LogP contribution in [0.1, 0.15) is 36.0 Å². The van der Waals surface area contributed by atoms with Crippen LogP contribution in [-0.2, 0) is 0 Å². The summed E-state index contributed by atoms with van der Waals surface area (Å²) in [5, 5.41) is 0.169. The van der Waals surface area contributed by atoms with Crippen molar-refractivity contribution >= 4 is 29.9 Å². The summed E-state index contributed by atoms with van der Waals surface area (Å²) < 4.78 is 13.0. The molecule has 0 saturated carbocycles. The highest BCUT2D eigenvalue weighted by atomic mass is 35.5. The molecule has 0 spiro atoms. The molecule has 2 N–H and O–H groups in total. The second-order valence-electron chi connectivity index (χ2n) is 4.85. The predicted molar refractivity (Wildman–Crippen MR) is 81.0 cm³/mol. The van der Waals surface area contributed by atoms with Gasteiger partial charge in [-0.15, -0.1) is 12.4 Å². The van der Waals surface area contributed by atoms with Gasteiger partial charge in [0.1, 0.15) is 5.82 Å². The van der Waals surface area contributed by atoms with Crippen molar-refractivity contribution in [2.45, 2.75) is 31.7 Å². The zero-order valence-corrected chi connectivity index (χ0v) is 12.7. The van der Waals surface area contributed by atoms with Crippen LogP contribution in [0.15, 0.2) is 18.2 Å². The van der Waals surface area contributed by atoms with E-state index >= 15 is 0 Å². The molecule has 0 aromatic heterocycles. The summed E-state index contributed by atoms with van der Waals surface area (Å²) in [4.78, 5) is 14.3. The Bertz CT molecular complexity index is 468. The van der Waals surface area contributed by atoms with E-state index in [1.807, 2.05) is 4.90 Å². The van der Waals surface area contributed by atoms with E-state index in [1.54, 1.807) is 0 Å². The predicted octanol–water partition coefficient (Wildman–Crippen LogP) is 3.24. The molecule has 0 radical (unpaired) electrons. The molecule has 1 saturated heterocycles. The molecular formula is C14H19Cl2FN2O. The number of rotatable bonds is 3. The van der Waals surface area contributed by atoms with Gasteiger partial charge in [0.25, 0.3) is 5.91 Å². The Morgan fingerprint density at radius 3 is 2.85 bits per heavy atom. The monoisotopic (exact) mass is 320 g/mol. The van der Waals surface area contributed by atoms with E-state index < -0.39 is 5.82 Å². The Hall–Kier alpha value is -0.840. The Kier molecular flexibility index (Phi) is 6.72. The molecule has 0 bridgehead atoms. The highest BCUT2D eigenvalue weighted by Gasteiger charge is 2.27. The number of carbonyl (C=O) groups is 1. The molecule has 20 heavy (non-hydrogen) atoms. The van der Waals surface area contributed by atoms with Crippen molar-refractivity contribution in [1.82, 2.24) is 4.90 Å². The molecule has 1 atom stereocenters. The lowest BCUT2D eigenvalue weighted by Gasteiger charge is -2.36. The summed E-state index contributed by atoms with van der Waals surface area (Å²) in [6.07, 6.45) is 3.88. The molecule has 0 aliphatic carbocycles. The number of hydrogen-bond acceptors (Lipinski definition) is 2. The maximum absolute atomic E-state index is 13.0. The Labute approximate surface area is 129 Å². The lowest BCUT2D eigenvalue weighted by molar-refractivity contribution is 0.0605. The third-order valence-electron chi connectivity index (χ3n) is 3.55. The van der Waals surface area contributed by atoms with E-state index in [1.165, 1.54) is 18.2 Å². The molecule has 6 heteroatoms. The number of likely N-dealkylation sites (tertiary alicyclic amines) is 1. The Balaban J connectivity index is 0.00000200. The van der Waals surface area contributed by atoms with Gasteiger partial charge in [-0.3, -0.25) is 4.79 Å². The highest BCUT2D eigenvalue weighted by molar-refractivity contribution is 6.33. The molecule has 1 aromatic rings. The van der Waals surface area contributed by atoms with Crippen LogP contribution in [0.2, 0.25) is 5.02 Å². The maximum atomic E-state index is 13.0. The number of hydrogen-bond donors (Lipinski definition) is 1. The number of piperidine rings is 1. The summed E-state index contributed by atoms with van der Waals surface area (Å²) in [5.41, 5.74) is 5.96. The lowest BCUT2D eigenvalue weighted by Crippen LogP contribution is -2.44. The quantitative estimate of drug-likeness (QED) is 0.929. The molecule has 1 amide bonds. The van der Waals surface area contributed by atoms with E-state index in [2.05, 4.69) is 0 Å². The van der Waals surface area contributed by atoms with Gasteiger partial charge in [0, 0.05) is 12.6 Å². The smallest absolute Gasteiger partial charge is 0.255 e. The van der Waals surface area contributed by atoms with Crippen molar-refractivity contribution in [3.63, 3.8) is 0 Å². The van der Waals surface area contributed by atoms with Gasteiger partial charge in [-0.05, 0) is 50.4 Å². The number of carbonyl (C=O) groups excluding carboxylic acids is 1. The van der Waals surface area contributed by atoms with Crippen molar-refractivity contribution < 1.29 is 9.18 Å². The Morgan fingerprint density at radius 1 is 1.45 bits per heavy atom. The first-order valence-corrected chi connectivity index (χ1v) is 6.97. The van der Waals surface area contributed by atoms with Gasteiger partial charge in [0.05, 0.1) is 10.6 Å². The topological polar surface area (TPSA) is 46.3 Å². The highest BCUT2D eigenvalue weighted by Crippen LogP contribution is 2.25. The van der Waals surface area contributed by atoms with E-state index in [-0.39, 0.29) is 29.4 Å². The molecule has 1 heterocycles. The van der Waals surface area contributed by atoms with Gasteiger partial charge >= 0.3 is 0 Å². The van der Waals surface area contributed by atoms with Crippen molar-refractivity contribution in [2.24, 2.45) is 5.73 Å². The van der Waals surface area contributed by atoms with Gasteiger partial charge in [-0.25, -0.2) is 4.39 Å². The van der Waals surface area contributed by atoms with Crippen LogP contribution in [0, 0.1) is 5.82 Å². The summed E-state index contributed by atoms with van der Waals surface area (Å²) in [6, 6.07) is 4.07. The van der Waals surface area contributed by atoms with Crippen LogP contribution in [0.25, 0.3) is 0 Å². The summed E-state index contributed by atoms with van der Waals surface area (Å²) in [7, 11) is 0. The maximum Gasteiger partial charge on any atom is 0.255 e. The fourth-order valence-electron chi connectivity index (χ4n) is 2.58. The first-order valence-electron chi connectivity index (χ1n) is 6.59. The minimum atomic E-state index is -0.432. The molecule has 1 aromatic carbocycles. The average Bonchev–Trinajstić information content (AvgIpc) is 2.39. The van der Waals surface area contributed by atoms with Crippen LogP contribution >= 0.6 is 24.0 Å². The number of halogens is 3. The molecule has 1 fully saturated rings. The fourth-order valence-corrected chi connectivity index (χ4v) is 2.83. The van der Waals surface area contributed by atoms with Gasteiger partial charge in [-0.2, -0.15) is 0 Å². The van der Waals surface area contributed by atoms with Crippen LogP contribution in [0.4, 0.5) is 4.39 Å². The van der Waals surface area contributed by atoms with Crippen LogP contribution in [0.5, 0.6) is 0 Å². The van der Waals surface area contributed by atoms with Crippen LogP contribution < -0.4 is 5.73 Å². The zero-order valence-electron chi connectivity index (χ0n) is 11.1. The standard InChI is InChI=1S/C14H18ClFN2O.ClH/c15-13-9-10(16)4-5-12(13)14(19)18-8-2-1-3-11(18)6-7-17;/h4-5,9,11H,1-3,6-8,17H2;1H. The van der Waals surface area contributed by atoms with E-state index in [0.717, 1.165) is 32.2 Å². The molecule has 3 nitrogen and oxygen atoms in total. The third-order valence-corrected chi connectivity index (χ3v) is 3.86. The largest absolute Gasteiger partial charge is 0.336 e. The summed E-state index contributed by atoms with van der Waals surface area (Å²) >= 11 is 5.96. The number of nitrogens with two attached hydrogens (primary N) is 1. The van der Waals surface area contributed by atoms with Crippen LogP contribution in [0.3, 0.4) is 0 Å². The minimum Gasteiger partial charge on any atom is -0.336 e. The first kappa shape index (κ1) is 17.2. The average molecular weight is 321 g/mol. The molecule has 112 valence electrons. The van der Waals surface area contributed by atoms with Crippen molar-refractivity contribution in [2.75, 3.05) is 13.1 Å². The first-order chi connectivity index (χ1) is 9.13. The van der Waals surface area contributed by atoms with E-state index in [4.69, 9.17) is 17.3 Å². The lowest BCUT2D eigenvalue weighted by atomic mass is 9.98. The molecule has 2 rings (SSSR count). The summed E-state index contributed by atoms with van der Waals surface area (Å²) in [5.74, 6) is -0.554. The van der Waals surface area contributed by atoms with Gasteiger partial charge in [-0.1, -0.05) is 11.6 Å². The number of nitrogens with zero attached hydrogens (tertiary/aromatic N) is 1. The van der Waals surface area contributed by atoms with Gasteiger partial charge in [0.15, 0.2) is 0 Å². The van der Waals surface area contributed by atoms with Gasteiger partial charge in [0.2, 0.25) is 0 Å². The number of amides is 1. The molecule has 1 aliphatic heterocycles. The minimum absolute atomic E-state index is 0. The number of benzene rings is 1. The summed E-state index contributed by atoms with van der Waals surface area (Å²) in [6.45, 7) is 1.28. The van der Waals surface area contributed by atoms with E-state index in [0.29, 0.717) is 12.1 Å². The van der Waals surface area contributed by atoms with Crippen LogP contribution in [-0.4, -0.2) is 29.9 Å². The van der Waals surface area contributed by atoms with Crippen molar-refractivity contribution in [3.8, 4) is 0 Å². The fraction of sp³-hybridized carbons (Fsp3) is 0.500. The molecule has 1 aliphatic rings. The van der Waals surface area contributed by atoms with Crippen molar-refractivity contribution in [3.05, 3.63) is 34.6 Å². The molecule has 1 unspecified atom stereocenters. The van der Waals surface area contributed by atoms with E-state index in [9.17, 15) is 9.18 Å². The second-order valence-corrected chi connectivity index (χ2v) is 5.26. The van der Waals surface area contributed by atoms with Crippen molar-refractivity contribution in [1.29, 1.82) is 0 Å². The van der Waals surface area contributed by atoms with Gasteiger partial charge < -0.3 is 10.6 Å². The SMILES string of the molecule is Cl.NCCC1CCCCN1C(=O)c1ccc(F)cc1Cl. The molecular weight excluding hydrogens is 302 g/mol. The second kappa shape index (κ2) is 7.81. The normalized spacial score (nSPS) is 18.6. The zero-order chi connectivity index (χ0) is 13.8. The Morgan fingerprint density at radius 2 is 2.20 bits per heavy atom. The third kappa shape index (κ3) is 3.84.